The van der Waals surface area contributed by atoms with Gasteiger partial charge in [-0.3, -0.25) is 4.79 Å². The maximum Gasteiger partial charge on any atom is 0.265 e. The van der Waals surface area contributed by atoms with Gasteiger partial charge in [-0.25, -0.2) is 0 Å². The van der Waals surface area contributed by atoms with Crippen molar-refractivity contribution in [3.05, 3.63) is 59.2 Å². The van der Waals surface area contributed by atoms with Crippen LogP contribution in [0.3, 0.4) is 0 Å². The van der Waals surface area contributed by atoms with Crippen LogP contribution in [0.1, 0.15) is 43.4 Å². The summed E-state index contributed by atoms with van der Waals surface area (Å²) in [6.07, 6.45) is -0.557. The van der Waals surface area contributed by atoms with Gasteiger partial charge in [0.15, 0.2) is 6.10 Å². The largest absolute Gasteiger partial charge is 0.481 e. The van der Waals surface area contributed by atoms with E-state index in [2.05, 4.69) is 25.2 Å². The Kier molecular flexibility index (Phi) is 5.43. The zero-order valence-electron chi connectivity index (χ0n) is 14.5. The quantitative estimate of drug-likeness (QED) is 0.858. The molecule has 0 aliphatic carbocycles. The van der Waals surface area contributed by atoms with Crippen molar-refractivity contribution >= 4 is 11.6 Å². The normalized spacial score (nSPS) is 12.1. The Balaban J connectivity index is 2.04. The van der Waals surface area contributed by atoms with Gasteiger partial charge in [-0.1, -0.05) is 43.7 Å². The summed E-state index contributed by atoms with van der Waals surface area (Å²) in [6.45, 7) is 10.1. The lowest BCUT2D eigenvalue weighted by Gasteiger charge is -2.17. The first kappa shape index (κ1) is 17.1. The molecule has 3 heteroatoms. The summed E-state index contributed by atoms with van der Waals surface area (Å²) in [7, 11) is 0. The third kappa shape index (κ3) is 4.59. The average molecular weight is 311 g/mol. The maximum absolute atomic E-state index is 12.3. The molecule has 2 aromatic carbocycles. The molecule has 1 amide bonds. The predicted molar refractivity (Wildman–Crippen MR) is 95.2 cm³/mol. The fourth-order valence-electron chi connectivity index (χ4n) is 2.39. The molecule has 1 atom stereocenters. The summed E-state index contributed by atoms with van der Waals surface area (Å²) in [5, 5.41) is 2.93. The molecule has 0 aliphatic rings. The zero-order chi connectivity index (χ0) is 17.0. The van der Waals surface area contributed by atoms with Gasteiger partial charge in [0.1, 0.15) is 5.75 Å². The molecular weight excluding hydrogens is 286 g/mol. The first-order valence-electron chi connectivity index (χ1n) is 8.01. The van der Waals surface area contributed by atoms with Crippen molar-refractivity contribution in [1.29, 1.82) is 0 Å². The Labute approximate surface area is 138 Å². The summed E-state index contributed by atoms with van der Waals surface area (Å²) in [6, 6.07) is 13.9. The molecule has 1 unspecified atom stereocenters. The molecule has 2 aromatic rings. The van der Waals surface area contributed by atoms with Crippen LogP contribution in [0, 0.1) is 13.8 Å². The monoisotopic (exact) mass is 311 g/mol. The SMILES string of the molecule is Cc1ccc(NC(=O)C(C)Oc2cccc(C(C)C)c2)c(C)c1. The van der Waals surface area contributed by atoms with Gasteiger partial charge in [-0.2, -0.15) is 0 Å². The van der Waals surface area contributed by atoms with Crippen molar-refractivity contribution in [2.75, 3.05) is 5.32 Å². The van der Waals surface area contributed by atoms with E-state index in [0.29, 0.717) is 5.92 Å². The molecule has 0 saturated carbocycles. The van der Waals surface area contributed by atoms with Gasteiger partial charge in [0.2, 0.25) is 0 Å². The van der Waals surface area contributed by atoms with Crippen molar-refractivity contribution in [2.24, 2.45) is 0 Å². The summed E-state index contributed by atoms with van der Waals surface area (Å²) in [4.78, 5) is 12.3. The van der Waals surface area contributed by atoms with Crippen LogP contribution in [0.15, 0.2) is 42.5 Å². The van der Waals surface area contributed by atoms with Crippen LogP contribution in [0.2, 0.25) is 0 Å². The Morgan fingerprint density at radius 1 is 1.04 bits per heavy atom. The molecule has 3 nitrogen and oxygen atoms in total. The van der Waals surface area contributed by atoms with E-state index >= 15 is 0 Å². The fraction of sp³-hybridized carbons (Fsp3) is 0.350. The summed E-state index contributed by atoms with van der Waals surface area (Å²) in [5.74, 6) is 1.00. The van der Waals surface area contributed by atoms with Crippen molar-refractivity contribution < 1.29 is 9.53 Å². The highest BCUT2D eigenvalue weighted by molar-refractivity contribution is 5.94. The molecular formula is C20H25NO2. The number of ether oxygens (including phenoxy) is 1. The first-order chi connectivity index (χ1) is 10.9. The van der Waals surface area contributed by atoms with Gasteiger partial charge in [0, 0.05) is 5.69 Å². The Hall–Kier alpha value is -2.29. The van der Waals surface area contributed by atoms with Gasteiger partial charge < -0.3 is 10.1 Å². The number of benzene rings is 2. The highest BCUT2D eigenvalue weighted by Crippen LogP contribution is 2.22. The van der Waals surface area contributed by atoms with E-state index in [9.17, 15) is 4.79 Å². The van der Waals surface area contributed by atoms with Crippen LogP contribution < -0.4 is 10.1 Å². The van der Waals surface area contributed by atoms with Crippen LogP contribution in [0.4, 0.5) is 5.69 Å². The molecule has 0 aliphatic heterocycles. The zero-order valence-corrected chi connectivity index (χ0v) is 14.5. The minimum atomic E-state index is -0.557. The lowest BCUT2D eigenvalue weighted by molar-refractivity contribution is -0.122. The molecule has 0 radical (unpaired) electrons. The number of carbonyl (C=O) groups excluding carboxylic acids is 1. The lowest BCUT2D eigenvalue weighted by atomic mass is 10.0. The van der Waals surface area contributed by atoms with E-state index in [0.717, 1.165) is 17.0 Å². The van der Waals surface area contributed by atoms with Gasteiger partial charge in [-0.15, -0.1) is 0 Å². The number of anilines is 1. The molecule has 0 saturated heterocycles. The van der Waals surface area contributed by atoms with E-state index in [4.69, 9.17) is 4.74 Å². The van der Waals surface area contributed by atoms with Crippen molar-refractivity contribution in [2.45, 2.75) is 46.6 Å². The van der Waals surface area contributed by atoms with E-state index in [1.54, 1.807) is 6.92 Å². The maximum atomic E-state index is 12.3. The van der Waals surface area contributed by atoms with Crippen LogP contribution in [0.25, 0.3) is 0 Å². The number of carbonyl (C=O) groups is 1. The summed E-state index contributed by atoms with van der Waals surface area (Å²) >= 11 is 0. The number of hydrogen-bond acceptors (Lipinski definition) is 2. The summed E-state index contributed by atoms with van der Waals surface area (Å²) in [5.41, 5.74) is 4.25. The molecule has 0 heterocycles. The van der Waals surface area contributed by atoms with E-state index < -0.39 is 6.10 Å². The number of amides is 1. The average Bonchev–Trinajstić information content (AvgIpc) is 2.50. The highest BCUT2D eigenvalue weighted by Gasteiger charge is 2.16. The van der Waals surface area contributed by atoms with E-state index in [1.807, 2.05) is 50.2 Å². The van der Waals surface area contributed by atoms with Gasteiger partial charge in [-0.05, 0) is 56.0 Å². The molecule has 23 heavy (non-hydrogen) atoms. The number of hydrogen-bond donors (Lipinski definition) is 1. The Morgan fingerprint density at radius 3 is 2.43 bits per heavy atom. The summed E-state index contributed by atoms with van der Waals surface area (Å²) < 4.78 is 5.79. The highest BCUT2D eigenvalue weighted by atomic mass is 16.5. The number of aryl methyl sites for hydroxylation is 2. The van der Waals surface area contributed by atoms with Gasteiger partial charge >= 0.3 is 0 Å². The molecule has 1 N–H and O–H groups in total. The Bertz CT molecular complexity index is 692. The van der Waals surface area contributed by atoms with Crippen molar-refractivity contribution in [3.63, 3.8) is 0 Å². The lowest BCUT2D eigenvalue weighted by Crippen LogP contribution is -2.30. The van der Waals surface area contributed by atoms with Crippen molar-refractivity contribution in [1.82, 2.24) is 0 Å². The predicted octanol–water partition coefficient (Wildman–Crippen LogP) is 4.83. The van der Waals surface area contributed by atoms with Crippen LogP contribution in [-0.2, 0) is 4.79 Å². The smallest absolute Gasteiger partial charge is 0.265 e. The molecule has 0 aromatic heterocycles. The van der Waals surface area contributed by atoms with E-state index in [-0.39, 0.29) is 5.91 Å². The minimum absolute atomic E-state index is 0.146. The van der Waals surface area contributed by atoms with Crippen LogP contribution >= 0.6 is 0 Å². The third-order valence-electron chi connectivity index (χ3n) is 3.85. The molecule has 2 rings (SSSR count). The minimum Gasteiger partial charge on any atom is -0.481 e. The topological polar surface area (TPSA) is 38.3 Å². The van der Waals surface area contributed by atoms with Crippen LogP contribution in [-0.4, -0.2) is 12.0 Å². The molecule has 0 bridgehead atoms. The van der Waals surface area contributed by atoms with Gasteiger partial charge in [0.25, 0.3) is 5.91 Å². The van der Waals surface area contributed by atoms with Crippen molar-refractivity contribution in [3.8, 4) is 5.75 Å². The van der Waals surface area contributed by atoms with Crippen LogP contribution in [0.5, 0.6) is 5.75 Å². The molecule has 122 valence electrons. The second-order valence-corrected chi connectivity index (χ2v) is 6.29. The Morgan fingerprint density at radius 2 is 1.78 bits per heavy atom. The second kappa shape index (κ2) is 7.32. The third-order valence-corrected chi connectivity index (χ3v) is 3.85. The number of rotatable bonds is 5. The molecule has 0 spiro atoms. The fourth-order valence-corrected chi connectivity index (χ4v) is 2.39. The standard InChI is InChI=1S/C20H25NO2/c1-13(2)17-7-6-8-18(12-17)23-16(5)20(22)21-19-10-9-14(3)11-15(19)4/h6-13,16H,1-5H3,(H,21,22). The number of nitrogens with one attached hydrogen (secondary N) is 1. The second-order valence-electron chi connectivity index (χ2n) is 6.29. The van der Waals surface area contributed by atoms with Gasteiger partial charge in [0.05, 0.1) is 0 Å². The van der Waals surface area contributed by atoms with E-state index in [1.165, 1.54) is 11.1 Å². The molecule has 0 fully saturated rings. The first-order valence-corrected chi connectivity index (χ1v) is 8.01.